The van der Waals surface area contributed by atoms with Crippen LogP contribution >= 0.6 is 0 Å². The first kappa shape index (κ1) is 68.3. The molecular weight excluding hydrogens is 889 g/mol. The van der Waals surface area contributed by atoms with E-state index in [1.165, 1.54) is 116 Å². The Kier molecular flexibility index (Phi) is 56.8. The summed E-state index contributed by atoms with van der Waals surface area (Å²) >= 11 is 0. The normalized spacial score (nSPS) is 12.8. The molecule has 0 rings (SSSR count). The molecule has 0 aromatic carbocycles. The van der Waals surface area contributed by atoms with Gasteiger partial charge in [-0.3, -0.25) is 14.4 Å². The molecule has 0 aromatic heterocycles. The summed E-state index contributed by atoms with van der Waals surface area (Å²) in [6, 6.07) is 0. The summed E-state index contributed by atoms with van der Waals surface area (Å²) in [7, 11) is 0. The Labute approximate surface area is 445 Å². The average molecular weight is 1000 g/mol. The Morgan fingerprint density at radius 3 is 0.847 bits per heavy atom. The molecule has 0 aliphatic carbocycles. The van der Waals surface area contributed by atoms with E-state index < -0.39 is 6.10 Å². The fourth-order valence-corrected chi connectivity index (χ4v) is 8.37. The maximum Gasteiger partial charge on any atom is 0.306 e. The highest BCUT2D eigenvalue weighted by Crippen LogP contribution is 2.16. The standard InChI is InChI=1S/C66H112O6/c1-4-7-10-13-16-19-22-25-28-30-32-33-35-36-38-41-44-47-50-53-56-59-65(68)71-62-63(61-70-64(67)58-55-52-49-46-43-40-27-24-21-18-15-12-9-6-3)72-66(69)60-57-54-51-48-45-42-39-37-34-31-29-26-23-20-17-14-11-8-5-2/h7-8,10-11,16-17,19-20,25-26,28-29,32-34,37,63H,4-6,9,12-15,18,21-24,27,30-31,35-36,38-62H2,1-3H3/b10-7-,11-8-,19-16-,20-17-,28-25-,29-26-,33-32-,37-34-. The molecule has 0 bridgehead atoms. The minimum atomic E-state index is -0.789. The van der Waals surface area contributed by atoms with E-state index in [-0.39, 0.29) is 31.1 Å². The zero-order valence-electron chi connectivity index (χ0n) is 47.2. The molecule has 6 heteroatoms. The lowest BCUT2D eigenvalue weighted by molar-refractivity contribution is -0.167. The van der Waals surface area contributed by atoms with Crippen molar-refractivity contribution in [2.45, 2.75) is 290 Å². The topological polar surface area (TPSA) is 78.9 Å². The van der Waals surface area contributed by atoms with Crippen LogP contribution < -0.4 is 0 Å². The molecule has 0 N–H and O–H groups in total. The third-order valence-electron chi connectivity index (χ3n) is 12.8. The third kappa shape index (κ3) is 57.2. The molecular formula is C66H112O6. The summed E-state index contributed by atoms with van der Waals surface area (Å²) in [5.74, 6) is -0.898. The Balaban J connectivity index is 4.40. The van der Waals surface area contributed by atoms with E-state index in [0.717, 1.165) is 128 Å². The van der Waals surface area contributed by atoms with Gasteiger partial charge in [-0.25, -0.2) is 0 Å². The number of rotatable bonds is 54. The van der Waals surface area contributed by atoms with E-state index in [1.807, 2.05) is 0 Å². The predicted octanol–water partition coefficient (Wildman–Crippen LogP) is 20.5. The highest BCUT2D eigenvalue weighted by Gasteiger charge is 2.19. The van der Waals surface area contributed by atoms with Gasteiger partial charge in [0.05, 0.1) is 0 Å². The summed E-state index contributed by atoms with van der Waals surface area (Å²) in [6.07, 6.45) is 79.7. The van der Waals surface area contributed by atoms with Crippen LogP contribution in [0.3, 0.4) is 0 Å². The van der Waals surface area contributed by atoms with Gasteiger partial charge in [-0.1, -0.05) is 266 Å². The third-order valence-corrected chi connectivity index (χ3v) is 12.8. The van der Waals surface area contributed by atoms with Crippen molar-refractivity contribution in [1.82, 2.24) is 0 Å². The summed E-state index contributed by atoms with van der Waals surface area (Å²) in [6.45, 7) is 6.42. The molecule has 0 fully saturated rings. The van der Waals surface area contributed by atoms with Crippen LogP contribution in [0.4, 0.5) is 0 Å². The average Bonchev–Trinajstić information content (AvgIpc) is 3.38. The van der Waals surface area contributed by atoms with E-state index in [4.69, 9.17) is 14.2 Å². The molecule has 0 aromatic rings. The van der Waals surface area contributed by atoms with E-state index in [0.29, 0.717) is 19.3 Å². The molecule has 6 nitrogen and oxygen atoms in total. The van der Waals surface area contributed by atoms with E-state index in [9.17, 15) is 14.4 Å². The first-order valence-electron chi connectivity index (χ1n) is 30.2. The fourth-order valence-electron chi connectivity index (χ4n) is 8.37. The molecule has 1 unspecified atom stereocenters. The summed E-state index contributed by atoms with van der Waals surface area (Å²) in [5.41, 5.74) is 0. The predicted molar refractivity (Wildman–Crippen MR) is 311 cm³/mol. The fraction of sp³-hybridized carbons (Fsp3) is 0.712. The van der Waals surface area contributed by atoms with Crippen molar-refractivity contribution in [3.8, 4) is 0 Å². The van der Waals surface area contributed by atoms with Gasteiger partial charge >= 0.3 is 17.9 Å². The zero-order valence-corrected chi connectivity index (χ0v) is 47.2. The summed E-state index contributed by atoms with van der Waals surface area (Å²) in [5, 5.41) is 0. The lowest BCUT2D eigenvalue weighted by Crippen LogP contribution is -2.30. The molecule has 0 amide bonds. The Morgan fingerprint density at radius 2 is 0.542 bits per heavy atom. The Morgan fingerprint density at radius 1 is 0.292 bits per heavy atom. The van der Waals surface area contributed by atoms with Crippen LogP contribution in [-0.4, -0.2) is 37.2 Å². The van der Waals surface area contributed by atoms with Crippen molar-refractivity contribution < 1.29 is 28.6 Å². The number of unbranched alkanes of at least 4 members (excludes halogenated alkanes) is 27. The van der Waals surface area contributed by atoms with Crippen molar-refractivity contribution in [3.05, 3.63) is 97.2 Å². The molecule has 0 aliphatic rings. The molecule has 412 valence electrons. The van der Waals surface area contributed by atoms with Gasteiger partial charge in [-0.05, 0) is 96.3 Å². The number of hydrogen-bond donors (Lipinski definition) is 0. The van der Waals surface area contributed by atoms with Crippen LogP contribution in [-0.2, 0) is 28.6 Å². The second-order valence-electron chi connectivity index (χ2n) is 19.9. The highest BCUT2D eigenvalue weighted by molar-refractivity contribution is 5.71. The van der Waals surface area contributed by atoms with Gasteiger partial charge in [0.2, 0.25) is 0 Å². The molecule has 72 heavy (non-hydrogen) atoms. The number of ether oxygens (including phenoxy) is 3. The largest absolute Gasteiger partial charge is 0.462 e. The van der Waals surface area contributed by atoms with Gasteiger partial charge in [0.15, 0.2) is 6.10 Å². The van der Waals surface area contributed by atoms with Crippen LogP contribution in [0.15, 0.2) is 97.2 Å². The molecule has 0 spiro atoms. The quantitative estimate of drug-likeness (QED) is 0.0261. The lowest BCUT2D eigenvalue weighted by Gasteiger charge is -2.18. The summed E-state index contributed by atoms with van der Waals surface area (Å²) in [4.78, 5) is 38.3. The maximum absolute atomic E-state index is 12.9. The number of esters is 3. The van der Waals surface area contributed by atoms with Crippen LogP contribution in [0, 0.1) is 0 Å². The molecule has 0 aliphatic heterocycles. The molecule has 0 saturated heterocycles. The number of allylic oxidation sites excluding steroid dienone is 16. The smallest absolute Gasteiger partial charge is 0.306 e. The van der Waals surface area contributed by atoms with Crippen LogP contribution in [0.2, 0.25) is 0 Å². The minimum Gasteiger partial charge on any atom is -0.462 e. The van der Waals surface area contributed by atoms with Crippen LogP contribution in [0.25, 0.3) is 0 Å². The van der Waals surface area contributed by atoms with E-state index >= 15 is 0 Å². The first-order valence-corrected chi connectivity index (χ1v) is 30.2. The number of carbonyl (C=O) groups is 3. The van der Waals surface area contributed by atoms with E-state index in [1.54, 1.807) is 0 Å². The van der Waals surface area contributed by atoms with Gasteiger partial charge < -0.3 is 14.2 Å². The summed E-state index contributed by atoms with van der Waals surface area (Å²) < 4.78 is 16.9. The highest BCUT2D eigenvalue weighted by atomic mass is 16.6. The molecule has 0 heterocycles. The Hall–Kier alpha value is -3.67. The van der Waals surface area contributed by atoms with Crippen LogP contribution in [0.5, 0.6) is 0 Å². The second-order valence-corrected chi connectivity index (χ2v) is 19.9. The van der Waals surface area contributed by atoms with Crippen molar-refractivity contribution >= 4 is 17.9 Å². The van der Waals surface area contributed by atoms with Crippen molar-refractivity contribution in [1.29, 1.82) is 0 Å². The molecule has 0 radical (unpaired) electrons. The number of hydrogen-bond acceptors (Lipinski definition) is 6. The molecule has 1 atom stereocenters. The maximum atomic E-state index is 12.9. The zero-order chi connectivity index (χ0) is 52.2. The number of carbonyl (C=O) groups excluding carboxylic acids is 3. The first-order chi connectivity index (χ1) is 35.5. The van der Waals surface area contributed by atoms with Crippen molar-refractivity contribution in [2.75, 3.05) is 13.2 Å². The van der Waals surface area contributed by atoms with Crippen LogP contribution in [0.1, 0.15) is 284 Å². The monoisotopic (exact) mass is 1000 g/mol. The SMILES string of the molecule is CC/C=C\C/C=C\C/C=C\C/C=C\CCCCCCCCCCC(=O)OCC(COC(=O)CCCCCCCCCCCCCCCC)OC(=O)CCCCCCCC/C=C\C/C=C\C/C=C\C/C=C\CC. The van der Waals surface area contributed by atoms with Crippen molar-refractivity contribution in [2.24, 2.45) is 0 Å². The van der Waals surface area contributed by atoms with Gasteiger partial charge in [0.25, 0.3) is 0 Å². The lowest BCUT2D eigenvalue weighted by atomic mass is 10.0. The van der Waals surface area contributed by atoms with E-state index in [2.05, 4.69) is 118 Å². The second kappa shape index (κ2) is 59.9. The van der Waals surface area contributed by atoms with Gasteiger partial charge in [-0.2, -0.15) is 0 Å². The Bertz CT molecular complexity index is 1430. The minimum absolute atomic E-state index is 0.0842. The van der Waals surface area contributed by atoms with Crippen molar-refractivity contribution in [3.63, 3.8) is 0 Å². The van der Waals surface area contributed by atoms with Gasteiger partial charge in [0, 0.05) is 19.3 Å². The van der Waals surface area contributed by atoms with Gasteiger partial charge in [0.1, 0.15) is 13.2 Å². The van der Waals surface area contributed by atoms with Gasteiger partial charge in [-0.15, -0.1) is 0 Å². The molecule has 0 saturated carbocycles.